The number of carbonyl (C=O) groups is 1. The predicted molar refractivity (Wildman–Crippen MR) is 99.1 cm³/mol. The van der Waals surface area contributed by atoms with Crippen molar-refractivity contribution < 1.29 is 22.0 Å². The van der Waals surface area contributed by atoms with E-state index in [9.17, 15) is 22.0 Å². The summed E-state index contributed by atoms with van der Waals surface area (Å²) in [6.45, 7) is 3.33. The summed E-state index contributed by atoms with van der Waals surface area (Å²) in [5.41, 5.74) is 0.311. The van der Waals surface area contributed by atoms with Crippen LogP contribution in [0.15, 0.2) is 23.1 Å². The zero-order valence-corrected chi connectivity index (χ0v) is 16.5. The van der Waals surface area contributed by atoms with Gasteiger partial charge >= 0.3 is 0 Å². The van der Waals surface area contributed by atoms with Gasteiger partial charge in [0.2, 0.25) is 15.9 Å². The van der Waals surface area contributed by atoms with Crippen molar-refractivity contribution in [3.05, 3.63) is 29.8 Å². The largest absolute Gasteiger partial charge is 0.343 e. The quantitative estimate of drug-likeness (QED) is 0.755. The first-order chi connectivity index (χ1) is 12.3. The fourth-order valence-electron chi connectivity index (χ4n) is 3.63. The summed E-state index contributed by atoms with van der Waals surface area (Å²) in [6, 6.07) is 2.37. The Bertz CT molecular complexity index is 776. The molecule has 1 aromatic rings. The first kappa shape index (κ1) is 22.0. The number of hydrogen-bond acceptors (Lipinski definition) is 4. The molecule has 1 amide bonds. The molecule has 0 bridgehead atoms. The minimum absolute atomic E-state index is 0. The number of hydrogen-bond donors (Lipinski definition) is 2. The first-order valence-electron chi connectivity index (χ1n) is 8.75. The molecule has 0 atom stereocenters. The molecule has 10 heteroatoms. The highest BCUT2D eigenvalue weighted by atomic mass is 35.5. The van der Waals surface area contributed by atoms with Gasteiger partial charge in [-0.05, 0) is 49.4 Å². The Balaban J connectivity index is 0.00000261. The van der Waals surface area contributed by atoms with Crippen molar-refractivity contribution in [3.8, 4) is 0 Å². The molecular formula is C17H24ClF2N3O3S. The van der Waals surface area contributed by atoms with Crippen LogP contribution in [0.4, 0.5) is 8.78 Å². The van der Waals surface area contributed by atoms with Crippen LogP contribution in [0.5, 0.6) is 0 Å². The third-order valence-electron chi connectivity index (χ3n) is 5.34. The van der Waals surface area contributed by atoms with Crippen LogP contribution in [-0.2, 0) is 14.8 Å². The van der Waals surface area contributed by atoms with E-state index in [0.717, 1.165) is 44.5 Å². The Morgan fingerprint density at radius 3 is 2.48 bits per heavy atom. The highest BCUT2D eigenvalue weighted by Crippen LogP contribution is 2.36. The fraction of sp³-hybridized carbons (Fsp3) is 0.588. The van der Waals surface area contributed by atoms with E-state index >= 15 is 0 Å². The van der Waals surface area contributed by atoms with Gasteiger partial charge in [0.15, 0.2) is 11.6 Å². The molecule has 6 nitrogen and oxygen atoms in total. The number of rotatable bonds is 5. The Hall–Kier alpha value is -1.29. The van der Waals surface area contributed by atoms with Crippen LogP contribution in [-0.4, -0.2) is 51.9 Å². The van der Waals surface area contributed by atoms with E-state index in [1.54, 1.807) is 4.90 Å². The van der Waals surface area contributed by atoms with E-state index in [4.69, 9.17) is 0 Å². The monoisotopic (exact) mass is 423 g/mol. The zero-order valence-electron chi connectivity index (χ0n) is 14.8. The second-order valence-electron chi connectivity index (χ2n) is 7.03. The summed E-state index contributed by atoms with van der Waals surface area (Å²) < 4.78 is 52.6. The van der Waals surface area contributed by atoms with Gasteiger partial charge in [-0.1, -0.05) is 0 Å². The summed E-state index contributed by atoms with van der Waals surface area (Å²) in [4.78, 5) is 13.7. The molecule has 0 unspecified atom stereocenters. The molecule has 2 heterocycles. The third-order valence-corrected chi connectivity index (χ3v) is 6.80. The lowest BCUT2D eigenvalue weighted by molar-refractivity contribution is -0.133. The maximum Gasteiger partial charge on any atom is 0.240 e. The lowest BCUT2D eigenvalue weighted by Gasteiger charge is -2.39. The molecule has 2 fully saturated rings. The minimum Gasteiger partial charge on any atom is -0.343 e. The molecule has 1 spiro atoms. The Morgan fingerprint density at radius 2 is 1.89 bits per heavy atom. The van der Waals surface area contributed by atoms with E-state index in [1.807, 2.05) is 0 Å². The summed E-state index contributed by atoms with van der Waals surface area (Å²) in [5, 5.41) is 3.37. The number of benzene rings is 1. The Morgan fingerprint density at radius 1 is 1.19 bits per heavy atom. The van der Waals surface area contributed by atoms with E-state index in [1.165, 1.54) is 0 Å². The van der Waals surface area contributed by atoms with E-state index in [-0.39, 0.29) is 36.2 Å². The molecule has 2 saturated heterocycles. The highest BCUT2D eigenvalue weighted by Gasteiger charge is 2.37. The van der Waals surface area contributed by atoms with Crippen LogP contribution < -0.4 is 10.0 Å². The molecule has 0 aromatic heterocycles. The summed E-state index contributed by atoms with van der Waals surface area (Å²) in [6.07, 6.45) is 3.11. The van der Waals surface area contributed by atoms with E-state index in [0.29, 0.717) is 24.6 Å². The number of halogens is 3. The maximum absolute atomic E-state index is 13.2. The van der Waals surface area contributed by atoms with Crippen LogP contribution in [0.25, 0.3) is 0 Å². The molecule has 0 aliphatic carbocycles. The zero-order chi connectivity index (χ0) is 18.8. The molecule has 27 heavy (non-hydrogen) atoms. The number of likely N-dealkylation sites (tertiary alicyclic amines) is 1. The molecule has 0 saturated carbocycles. The number of nitrogens with zero attached hydrogens (tertiary/aromatic N) is 1. The van der Waals surface area contributed by atoms with Crippen molar-refractivity contribution in [3.63, 3.8) is 0 Å². The third kappa shape index (κ3) is 5.16. The summed E-state index contributed by atoms with van der Waals surface area (Å²) in [7, 11) is -3.98. The van der Waals surface area contributed by atoms with E-state index in [2.05, 4.69) is 10.0 Å². The smallest absolute Gasteiger partial charge is 0.240 e. The van der Waals surface area contributed by atoms with Crippen LogP contribution in [0.2, 0.25) is 0 Å². The molecule has 2 aliphatic heterocycles. The van der Waals surface area contributed by atoms with Crippen LogP contribution in [0, 0.1) is 17.0 Å². The molecule has 1 aromatic carbocycles. The van der Waals surface area contributed by atoms with Gasteiger partial charge in [-0.25, -0.2) is 21.9 Å². The Kier molecular flexibility index (Phi) is 7.18. The number of carbonyl (C=O) groups excluding carboxylic acids is 1. The van der Waals surface area contributed by atoms with Crippen molar-refractivity contribution in [1.82, 2.24) is 14.9 Å². The summed E-state index contributed by atoms with van der Waals surface area (Å²) in [5.74, 6) is -2.44. The van der Waals surface area contributed by atoms with Gasteiger partial charge in [0.1, 0.15) is 0 Å². The molecule has 2 aliphatic rings. The highest BCUT2D eigenvalue weighted by molar-refractivity contribution is 7.89. The fourth-order valence-corrected chi connectivity index (χ4v) is 4.67. The van der Waals surface area contributed by atoms with Gasteiger partial charge in [-0.2, -0.15) is 0 Å². The second-order valence-corrected chi connectivity index (χ2v) is 8.80. The van der Waals surface area contributed by atoms with Crippen LogP contribution in [0.1, 0.15) is 25.7 Å². The first-order valence-corrected chi connectivity index (χ1v) is 10.2. The average Bonchev–Trinajstić information content (AvgIpc) is 3.05. The standard InChI is InChI=1S/C17H23F2N3O3S.ClH/c18-14-2-1-13(11-15(14)19)26(24,25)21-7-3-16(23)22-9-5-17(6-10-22)4-8-20-12-17;/h1-2,11,20-21H,3-10,12H2;1H. The van der Waals surface area contributed by atoms with Gasteiger partial charge in [0.05, 0.1) is 4.90 Å². The maximum atomic E-state index is 13.2. The van der Waals surface area contributed by atoms with Crippen molar-refractivity contribution >= 4 is 28.3 Å². The van der Waals surface area contributed by atoms with E-state index < -0.39 is 21.7 Å². The average molecular weight is 424 g/mol. The Labute approximate surface area is 164 Å². The molecule has 2 N–H and O–H groups in total. The van der Waals surface area contributed by atoms with Crippen LogP contribution in [0.3, 0.4) is 0 Å². The number of nitrogens with one attached hydrogen (secondary N) is 2. The SMILES string of the molecule is Cl.O=C(CCNS(=O)(=O)c1ccc(F)c(F)c1)N1CCC2(CCNC2)CC1. The van der Waals surface area contributed by atoms with Crippen molar-refractivity contribution in [1.29, 1.82) is 0 Å². The molecule has 152 valence electrons. The second kappa shape index (κ2) is 8.81. The van der Waals surface area contributed by atoms with Crippen molar-refractivity contribution in [2.45, 2.75) is 30.6 Å². The molecule has 0 radical (unpaired) electrons. The summed E-state index contributed by atoms with van der Waals surface area (Å²) >= 11 is 0. The van der Waals surface area contributed by atoms with Crippen molar-refractivity contribution in [2.75, 3.05) is 32.7 Å². The predicted octanol–water partition coefficient (Wildman–Crippen LogP) is 1.66. The number of piperidine rings is 1. The lowest BCUT2D eigenvalue weighted by Crippen LogP contribution is -2.44. The van der Waals surface area contributed by atoms with Gasteiger partial charge < -0.3 is 10.2 Å². The van der Waals surface area contributed by atoms with Gasteiger partial charge in [-0.15, -0.1) is 12.4 Å². The number of amides is 1. The molecular weight excluding hydrogens is 400 g/mol. The van der Waals surface area contributed by atoms with Crippen molar-refractivity contribution in [2.24, 2.45) is 5.41 Å². The van der Waals surface area contributed by atoms with Gasteiger partial charge in [0.25, 0.3) is 0 Å². The molecule has 3 rings (SSSR count). The minimum atomic E-state index is -3.98. The lowest BCUT2D eigenvalue weighted by atomic mass is 9.78. The van der Waals surface area contributed by atoms with Crippen LogP contribution >= 0.6 is 12.4 Å². The van der Waals surface area contributed by atoms with Gasteiger partial charge in [-0.3, -0.25) is 4.79 Å². The topological polar surface area (TPSA) is 78.5 Å². The number of sulfonamides is 1. The van der Waals surface area contributed by atoms with Gasteiger partial charge in [0, 0.05) is 32.6 Å². The normalized spacial score (nSPS) is 19.1.